The molecule has 0 atom stereocenters. The molecule has 0 unspecified atom stereocenters. The lowest BCUT2D eigenvalue weighted by molar-refractivity contribution is -0.131. The van der Waals surface area contributed by atoms with Crippen molar-refractivity contribution in [2.75, 3.05) is 10.6 Å². The summed E-state index contributed by atoms with van der Waals surface area (Å²) in [6.45, 7) is 4.13. The molecule has 4 rings (SSSR count). The van der Waals surface area contributed by atoms with Crippen LogP contribution >= 0.6 is 0 Å². The second-order valence-corrected chi connectivity index (χ2v) is 7.53. The van der Waals surface area contributed by atoms with Gasteiger partial charge in [0.25, 0.3) is 0 Å². The molecule has 5 nitrogen and oxygen atoms in total. The van der Waals surface area contributed by atoms with Gasteiger partial charge < -0.3 is 10.6 Å². The fraction of sp³-hybridized carbons (Fsp3) is 0.292. The quantitative estimate of drug-likeness (QED) is 0.601. The van der Waals surface area contributed by atoms with Crippen molar-refractivity contribution < 1.29 is 9.59 Å². The molecular weight excluding hydrogens is 362 g/mol. The number of aromatic nitrogens is 1. The number of aryl methyl sites for hydroxylation is 2. The highest BCUT2D eigenvalue weighted by molar-refractivity contribution is 6.18. The molecule has 0 spiro atoms. The highest BCUT2D eigenvalue weighted by Crippen LogP contribution is 2.48. The molecule has 0 radical (unpaired) electrons. The van der Waals surface area contributed by atoms with E-state index in [1.165, 1.54) is 0 Å². The first kappa shape index (κ1) is 19.1. The number of amides is 2. The molecule has 2 aromatic carbocycles. The number of carbonyl (C=O) groups excluding carboxylic acids is 2. The molecule has 0 saturated heterocycles. The van der Waals surface area contributed by atoms with E-state index in [-0.39, 0.29) is 11.8 Å². The van der Waals surface area contributed by atoms with Crippen LogP contribution in [0.3, 0.4) is 0 Å². The van der Waals surface area contributed by atoms with E-state index in [0.29, 0.717) is 18.5 Å². The fourth-order valence-corrected chi connectivity index (χ4v) is 3.77. The Morgan fingerprint density at radius 1 is 0.897 bits per heavy atom. The Morgan fingerprint density at radius 2 is 1.52 bits per heavy atom. The van der Waals surface area contributed by atoms with Gasteiger partial charge in [-0.15, -0.1) is 0 Å². The van der Waals surface area contributed by atoms with Gasteiger partial charge >= 0.3 is 0 Å². The molecular formula is C24H25N3O2. The number of hydrogen-bond donors (Lipinski definition) is 2. The Hall–Kier alpha value is -3.21. The van der Waals surface area contributed by atoms with Crippen molar-refractivity contribution in [1.82, 2.24) is 4.98 Å². The van der Waals surface area contributed by atoms with E-state index >= 15 is 0 Å². The van der Waals surface area contributed by atoms with Crippen LogP contribution in [0.25, 0.3) is 10.9 Å². The van der Waals surface area contributed by atoms with Gasteiger partial charge in [0.15, 0.2) is 0 Å². The summed E-state index contributed by atoms with van der Waals surface area (Å²) in [7, 11) is 0. The zero-order chi connectivity index (χ0) is 20.4. The van der Waals surface area contributed by atoms with Crippen molar-refractivity contribution in [2.24, 2.45) is 5.41 Å². The summed E-state index contributed by atoms with van der Waals surface area (Å²) in [4.78, 5) is 30.6. The minimum atomic E-state index is -1.01. The first-order valence-electron chi connectivity index (χ1n) is 10.2. The third-order valence-corrected chi connectivity index (χ3v) is 5.74. The lowest BCUT2D eigenvalue weighted by Crippen LogP contribution is -2.36. The third-order valence-electron chi connectivity index (χ3n) is 5.74. The van der Waals surface area contributed by atoms with Crippen LogP contribution in [-0.2, 0) is 22.4 Å². The van der Waals surface area contributed by atoms with Crippen LogP contribution in [0.15, 0.2) is 54.7 Å². The second-order valence-electron chi connectivity index (χ2n) is 7.53. The highest BCUT2D eigenvalue weighted by atomic mass is 16.2. The van der Waals surface area contributed by atoms with Gasteiger partial charge in [-0.1, -0.05) is 50.2 Å². The molecule has 2 amide bonds. The molecule has 1 aliphatic carbocycles. The number of rotatable bonds is 6. The Bertz CT molecular complexity index is 1060. The molecule has 29 heavy (non-hydrogen) atoms. The zero-order valence-corrected chi connectivity index (χ0v) is 16.8. The smallest absolute Gasteiger partial charge is 0.240 e. The fourth-order valence-electron chi connectivity index (χ4n) is 3.77. The summed E-state index contributed by atoms with van der Waals surface area (Å²) in [5.74, 6) is -0.487. The molecule has 148 valence electrons. The molecule has 1 aliphatic rings. The van der Waals surface area contributed by atoms with Gasteiger partial charge in [0.05, 0.1) is 11.2 Å². The molecule has 1 aromatic heterocycles. The van der Waals surface area contributed by atoms with Gasteiger partial charge in [0.1, 0.15) is 5.41 Å². The minimum Gasteiger partial charge on any atom is -0.325 e. The van der Waals surface area contributed by atoms with Gasteiger partial charge in [-0.2, -0.15) is 0 Å². The molecule has 3 aromatic rings. The molecule has 5 heteroatoms. The van der Waals surface area contributed by atoms with E-state index in [1.807, 2.05) is 48.5 Å². The number of benzene rings is 2. The number of carbonyl (C=O) groups is 2. The van der Waals surface area contributed by atoms with Crippen molar-refractivity contribution in [3.8, 4) is 0 Å². The van der Waals surface area contributed by atoms with Crippen LogP contribution in [-0.4, -0.2) is 16.8 Å². The van der Waals surface area contributed by atoms with E-state index in [4.69, 9.17) is 0 Å². The Labute approximate surface area is 170 Å². The first-order valence-corrected chi connectivity index (χ1v) is 10.2. The molecule has 0 bridgehead atoms. The van der Waals surface area contributed by atoms with Crippen molar-refractivity contribution in [1.29, 1.82) is 0 Å². The number of nitrogens with one attached hydrogen (secondary N) is 2. The van der Waals surface area contributed by atoms with Crippen LogP contribution in [0.4, 0.5) is 11.4 Å². The number of pyridine rings is 1. The minimum absolute atomic E-state index is 0.223. The normalized spacial score (nSPS) is 14.4. The van der Waals surface area contributed by atoms with E-state index < -0.39 is 5.41 Å². The summed E-state index contributed by atoms with van der Waals surface area (Å²) in [5.41, 5.74) is 3.38. The summed E-state index contributed by atoms with van der Waals surface area (Å²) in [6.07, 6.45) is 4.46. The molecule has 1 saturated carbocycles. The standard InChI is InChI=1S/C24H25N3O2/c1-3-16-8-5-9-17(4-2)20(16)27-23(29)24(13-14-24)22(28)26-19-12-6-10-18-11-7-15-25-21(18)19/h5-12,15H,3-4,13-14H2,1-2H3,(H,26,28)(H,27,29). The number of nitrogens with zero attached hydrogens (tertiary/aromatic N) is 1. The third kappa shape index (κ3) is 3.48. The maximum absolute atomic E-state index is 13.1. The van der Waals surface area contributed by atoms with Crippen LogP contribution in [0.1, 0.15) is 37.8 Å². The second kappa shape index (κ2) is 7.66. The predicted molar refractivity (Wildman–Crippen MR) is 116 cm³/mol. The predicted octanol–water partition coefficient (Wildman–Crippen LogP) is 4.72. The maximum atomic E-state index is 13.1. The average Bonchev–Trinajstić information content (AvgIpc) is 3.56. The number of para-hydroxylation sites is 2. The monoisotopic (exact) mass is 387 g/mol. The van der Waals surface area contributed by atoms with E-state index in [0.717, 1.165) is 40.6 Å². The topological polar surface area (TPSA) is 71.1 Å². The van der Waals surface area contributed by atoms with Crippen LogP contribution in [0, 0.1) is 5.41 Å². The summed E-state index contributed by atoms with van der Waals surface area (Å²) < 4.78 is 0. The largest absolute Gasteiger partial charge is 0.325 e. The van der Waals surface area contributed by atoms with E-state index in [1.54, 1.807) is 6.20 Å². The van der Waals surface area contributed by atoms with Gasteiger partial charge in [-0.25, -0.2) is 0 Å². The van der Waals surface area contributed by atoms with E-state index in [2.05, 4.69) is 29.5 Å². The van der Waals surface area contributed by atoms with Gasteiger partial charge in [-0.3, -0.25) is 14.6 Å². The lowest BCUT2D eigenvalue weighted by Gasteiger charge is -2.19. The van der Waals surface area contributed by atoms with Crippen LogP contribution in [0.2, 0.25) is 0 Å². The molecule has 2 N–H and O–H groups in total. The summed E-state index contributed by atoms with van der Waals surface area (Å²) in [5, 5.41) is 6.97. The lowest BCUT2D eigenvalue weighted by atomic mass is 10.00. The van der Waals surface area contributed by atoms with Crippen LogP contribution < -0.4 is 10.6 Å². The van der Waals surface area contributed by atoms with Crippen molar-refractivity contribution in [3.05, 3.63) is 65.9 Å². The van der Waals surface area contributed by atoms with Crippen molar-refractivity contribution >= 4 is 34.1 Å². The average molecular weight is 387 g/mol. The number of hydrogen-bond acceptors (Lipinski definition) is 3. The van der Waals surface area contributed by atoms with Crippen molar-refractivity contribution in [3.63, 3.8) is 0 Å². The molecule has 0 aliphatic heterocycles. The Kier molecular flexibility index (Phi) is 5.05. The van der Waals surface area contributed by atoms with Gasteiger partial charge in [0.2, 0.25) is 11.8 Å². The highest BCUT2D eigenvalue weighted by Gasteiger charge is 2.56. The SMILES string of the molecule is CCc1cccc(CC)c1NC(=O)C1(C(=O)Nc2cccc3cccnc23)CC1. The molecule has 1 fully saturated rings. The van der Waals surface area contributed by atoms with Crippen LogP contribution in [0.5, 0.6) is 0 Å². The summed E-state index contributed by atoms with van der Waals surface area (Å²) in [6, 6.07) is 15.5. The first-order chi connectivity index (χ1) is 14.1. The van der Waals surface area contributed by atoms with Crippen molar-refractivity contribution in [2.45, 2.75) is 39.5 Å². The Morgan fingerprint density at radius 3 is 2.17 bits per heavy atom. The molecule has 1 heterocycles. The van der Waals surface area contributed by atoms with Gasteiger partial charge in [-0.05, 0) is 48.9 Å². The maximum Gasteiger partial charge on any atom is 0.240 e. The Balaban J connectivity index is 1.58. The number of fused-ring (bicyclic) bond motifs is 1. The zero-order valence-electron chi connectivity index (χ0n) is 16.8. The van der Waals surface area contributed by atoms with E-state index in [9.17, 15) is 9.59 Å². The van der Waals surface area contributed by atoms with Gasteiger partial charge in [0, 0.05) is 17.3 Å². The summed E-state index contributed by atoms with van der Waals surface area (Å²) >= 11 is 0. The number of anilines is 2.